The minimum Gasteiger partial charge on any atom is -0.353 e. The second-order valence-electron chi connectivity index (χ2n) is 6.77. The van der Waals surface area contributed by atoms with Crippen LogP contribution in [0.2, 0.25) is 5.15 Å². The zero-order valence-corrected chi connectivity index (χ0v) is 16.0. The average Bonchev–Trinajstić information content (AvgIpc) is 3.36. The third-order valence-corrected chi connectivity index (χ3v) is 5.07. The van der Waals surface area contributed by atoms with Crippen LogP contribution < -0.4 is 5.32 Å². The van der Waals surface area contributed by atoms with Gasteiger partial charge in [0.25, 0.3) is 5.91 Å². The largest absolute Gasteiger partial charge is 0.353 e. The average molecular weight is 418 g/mol. The van der Waals surface area contributed by atoms with Crippen molar-refractivity contribution in [2.45, 2.75) is 14.0 Å². The molecule has 0 saturated heterocycles. The molecule has 6 nitrogen and oxygen atoms in total. The van der Waals surface area contributed by atoms with Gasteiger partial charge < -0.3 is 10.3 Å². The summed E-state index contributed by atoms with van der Waals surface area (Å²) in [5.74, 6) is -0.144. The van der Waals surface area contributed by atoms with Crippen molar-refractivity contribution in [2.24, 2.45) is 0 Å². The summed E-state index contributed by atoms with van der Waals surface area (Å²) in [6, 6.07) is 19.1. The number of carbonyl (C=O) groups excluding carboxylic acids is 1. The maximum Gasteiger partial charge on any atom is 0.251 e. The number of fused-ring (bicyclic) bond motifs is 2. The number of aromatic nitrogens is 4. The van der Waals surface area contributed by atoms with E-state index >= 15 is 0 Å². The highest BCUT2D eigenvalue weighted by molar-refractivity contribution is 6.29. The van der Waals surface area contributed by atoms with Crippen molar-refractivity contribution in [2.75, 3.05) is 0 Å². The normalized spacial score (nSPS) is 10.8. The number of amides is 1. The number of hydrogen-bond donors (Lipinski definition) is 3. The molecule has 3 N–H and O–H groups in total. The van der Waals surface area contributed by atoms with Crippen molar-refractivity contribution in [3.8, 4) is 11.4 Å². The summed E-state index contributed by atoms with van der Waals surface area (Å²) in [6.07, 6.45) is 1.65. The molecule has 0 unspecified atom stereocenters. The van der Waals surface area contributed by atoms with Gasteiger partial charge in [-0.2, -0.15) is 5.10 Å². The van der Waals surface area contributed by atoms with E-state index in [1.54, 1.807) is 18.3 Å². The molecular weight excluding hydrogens is 398 g/mol. The smallest absolute Gasteiger partial charge is 0.251 e. The minimum atomic E-state index is -0.144. The number of nitrogens with zero attached hydrogens (tertiary/aromatic N) is 2. The number of rotatable bonds is 4. The molecule has 2 aromatic carbocycles. The molecule has 0 saturated carbocycles. The Morgan fingerprint density at radius 2 is 1.90 bits per heavy atom. The molecule has 0 atom stereocenters. The SMILES string of the molecule is C.O=C(NCc1ccc(Cl)nc1)c1ccc2[nH]c(-c3n[nH]c4ccccc34)cc2c1. The number of nitrogens with one attached hydrogen (secondary N) is 3. The van der Waals surface area contributed by atoms with Crippen LogP contribution in [0.25, 0.3) is 33.2 Å². The van der Waals surface area contributed by atoms with Crippen molar-refractivity contribution in [3.05, 3.63) is 83.1 Å². The van der Waals surface area contributed by atoms with Crippen LogP contribution in [0.3, 0.4) is 0 Å². The number of benzene rings is 2. The molecule has 5 aromatic rings. The predicted octanol–water partition coefficient (Wildman–Crippen LogP) is 5.33. The van der Waals surface area contributed by atoms with E-state index in [2.05, 4.69) is 25.5 Å². The highest BCUT2D eigenvalue weighted by Crippen LogP contribution is 2.28. The number of H-pyrrole nitrogens is 2. The Morgan fingerprint density at radius 3 is 2.73 bits per heavy atom. The molecule has 0 aliphatic heterocycles. The second-order valence-corrected chi connectivity index (χ2v) is 7.16. The van der Waals surface area contributed by atoms with Gasteiger partial charge >= 0.3 is 0 Å². The van der Waals surface area contributed by atoms with Crippen LogP contribution in [-0.4, -0.2) is 26.1 Å². The number of pyridine rings is 1. The van der Waals surface area contributed by atoms with Crippen molar-refractivity contribution in [1.82, 2.24) is 25.5 Å². The first kappa shape index (κ1) is 19.7. The van der Waals surface area contributed by atoms with Gasteiger partial charge in [0.1, 0.15) is 10.8 Å². The van der Waals surface area contributed by atoms with Gasteiger partial charge in [-0.1, -0.05) is 43.3 Å². The Kier molecular flexibility index (Phi) is 5.25. The van der Waals surface area contributed by atoms with Crippen molar-refractivity contribution >= 4 is 39.3 Å². The fourth-order valence-electron chi connectivity index (χ4n) is 3.37. The van der Waals surface area contributed by atoms with E-state index in [0.717, 1.165) is 38.8 Å². The Hall–Kier alpha value is -3.64. The fraction of sp³-hybridized carbons (Fsp3) is 0.0870. The maximum atomic E-state index is 12.6. The molecule has 30 heavy (non-hydrogen) atoms. The Balaban J connectivity index is 0.00000218. The van der Waals surface area contributed by atoms with Crippen LogP contribution in [-0.2, 0) is 6.54 Å². The first-order valence-electron chi connectivity index (χ1n) is 9.12. The molecule has 0 aliphatic rings. The lowest BCUT2D eigenvalue weighted by molar-refractivity contribution is 0.0951. The molecule has 7 heteroatoms. The third-order valence-electron chi connectivity index (χ3n) is 4.85. The lowest BCUT2D eigenvalue weighted by atomic mass is 10.1. The monoisotopic (exact) mass is 417 g/mol. The maximum absolute atomic E-state index is 12.6. The summed E-state index contributed by atoms with van der Waals surface area (Å²) < 4.78 is 0. The van der Waals surface area contributed by atoms with E-state index in [-0.39, 0.29) is 13.3 Å². The number of hydrogen-bond acceptors (Lipinski definition) is 3. The molecule has 3 aromatic heterocycles. The lowest BCUT2D eigenvalue weighted by Crippen LogP contribution is -2.22. The predicted molar refractivity (Wildman–Crippen MR) is 121 cm³/mol. The van der Waals surface area contributed by atoms with Crippen LogP contribution in [0.15, 0.2) is 66.9 Å². The summed E-state index contributed by atoms with van der Waals surface area (Å²) >= 11 is 5.79. The molecule has 0 fully saturated rings. The zero-order valence-electron chi connectivity index (χ0n) is 15.2. The zero-order chi connectivity index (χ0) is 19.8. The molecule has 0 aliphatic carbocycles. The summed E-state index contributed by atoms with van der Waals surface area (Å²) in [6.45, 7) is 0.388. The molecule has 1 amide bonds. The quantitative estimate of drug-likeness (QED) is 0.345. The Labute approximate surface area is 178 Å². The van der Waals surface area contributed by atoms with E-state index in [4.69, 9.17) is 11.6 Å². The van der Waals surface area contributed by atoms with Crippen LogP contribution >= 0.6 is 11.6 Å². The number of para-hydroxylation sites is 1. The van der Waals surface area contributed by atoms with Crippen LogP contribution in [0.1, 0.15) is 23.3 Å². The van der Waals surface area contributed by atoms with Crippen LogP contribution in [0.5, 0.6) is 0 Å². The van der Waals surface area contributed by atoms with E-state index in [9.17, 15) is 4.79 Å². The number of aromatic amines is 2. The molecule has 0 radical (unpaired) electrons. The Bertz CT molecular complexity index is 1340. The summed E-state index contributed by atoms with van der Waals surface area (Å²) in [7, 11) is 0. The van der Waals surface area contributed by atoms with Crippen molar-refractivity contribution < 1.29 is 4.79 Å². The lowest BCUT2D eigenvalue weighted by Gasteiger charge is -2.05. The molecular formula is C23H20ClN5O. The van der Waals surface area contributed by atoms with E-state index in [1.165, 1.54) is 0 Å². The highest BCUT2D eigenvalue weighted by Gasteiger charge is 2.12. The summed E-state index contributed by atoms with van der Waals surface area (Å²) in [5, 5.41) is 12.8. The highest BCUT2D eigenvalue weighted by atomic mass is 35.5. The van der Waals surface area contributed by atoms with Crippen LogP contribution in [0, 0.1) is 0 Å². The van der Waals surface area contributed by atoms with Gasteiger partial charge in [0.15, 0.2) is 0 Å². The Morgan fingerprint density at radius 1 is 1.03 bits per heavy atom. The van der Waals surface area contributed by atoms with E-state index in [0.29, 0.717) is 17.3 Å². The first-order valence-corrected chi connectivity index (χ1v) is 9.50. The molecule has 0 spiro atoms. The number of halogens is 1. The van der Waals surface area contributed by atoms with Crippen LogP contribution in [0.4, 0.5) is 0 Å². The van der Waals surface area contributed by atoms with Gasteiger partial charge in [-0.05, 0) is 42.0 Å². The first-order chi connectivity index (χ1) is 14.2. The molecule has 3 heterocycles. The second kappa shape index (κ2) is 8.00. The molecule has 5 rings (SSSR count). The summed E-state index contributed by atoms with van der Waals surface area (Å²) in [4.78, 5) is 20.0. The van der Waals surface area contributed by atoms with E-state index < -0.39 is 0 Å². The van der Waals surface area contributed by atoms with Gasteiger partial charge in [-0.3, -0.25) is 9.89 Å². The van der Waals surface area contributed by atoms with Gasteiger partial charge in [0.2, 0.25) is 0 Å². The molecule has 150 valence electrons. The van der Waals surface area contributed by atoms with Gasteiger partial charge in [-0.15, -0.1) is 0 Å². The van der Waals surface area contributed by atoms with Gasteiger partial charge in [0.05, 0.1) is 11.2 Å². The fourth-order valence-corrected chi connectivity index (χ4v) is 3.48. The number of carbonyl (C=O) groups is 1. The topological polar surface area (TPSA) is 86.5 Å². The van der Waals surface area contributed by atoms with Gasteiger partial charge in [-0.25, -0.2) is 4.98 Å². The van der Waals surface area contributed by atoms with Gasteiger partial charge in [0, 0.05) is 34.6 Å². The van der Waals surface area contributed by atoms with E-state index in [1.807, 2.05) is 48.5 Å². The minimum absolute atomic E-state index is 0. The standard InChI is InChI=1S/C22H16ClN5O.CH4/c23-20-8-5-13(11-24-20)12-25-22(29)14-6-7-17-15(9-14)10-19(26-17)21-16-3-1-2-4-18(16)27-28-21;/h1-11,26H,12H2,(H,25,29)(H,27,28);1H4. The molecule has 0 bridgehead atoms. The van der Waals surface area contributed by atoms with Crippen molar-refractivity contribution in [1.29, 1.82) is 0 Å². The summed E-state index contributed by atoms with van der Waals surface area (Å²) in [5.41, 5.74) is 5.18. The third kappa shape index (κ3) is 3.65. The van der Waals surface area contributed by atoms with Crippen molar-refractivity contribution in [3.63, 3.8) is 0 Å².